The summed E-state index contributed by atoms with van der Waals surface area (Å²) in [5.74, 6) is 0.306. The van der Waals surface area contributed by atoms with E-state index in [9.17, 15) is 0 Å². The fourth-order valence-corrected chi connectivity index (χ4v) is 3.96. The Morgan fingerprint density at radius 3 is 2.28 bits per heavy atom. The molecule has 0 fully saturated rings. The maximum atomic E-state index is 9.15. The van der Waals surface area contributed by atoms with Gasteiger partial charge in [-0.15, -0.1) is 0 Å². The molecule has 3 nitrogen and oxygen atoms in total. The first-order valence-electron chi connectivity index (χ1n) is 11.0. The van der Waals surface area contributed by atoms with Gasteiger partial charge in [-0.1, -0.05) is 75.9 Å². The molecule has 154 valence electrons. The highest BCUT2D eigenvalue weighted by Crippen LogP contribution is 2.35. The number of para-hydroxylation sites is 2. The van der Waals surface area contributed by atoms with Crippen LogP contribution in [0.5, 0.6) is 0 Å². The zero-order valence-corrected chi connectivity index (χ0v) is 17.7. The molecule has 3 N–H and O–H groups in total. The van der Waals surface area contributed by atoms with Crippen molar-refractivity contribution in [2.24, 2.45) is 0 Å². The predicted octanol–water partition coefficient (Wildman–Crippen LogP) is 7.14. The van der Waals surface area contributed by atoms with Crippen molar-refractivity contribution in [3.63, 3.8) is 0 Å². The number of unbranched alkanes of at least 4 members (excludes halogenated alkanes) is 3. The van der Waals surface area contributed by atoms with E-state index < -0.39 is 0 Å². The van der Waals surface area contributed by atoms with Gasteiger partial charge in [-0.2, -0.15) is 0 Å². The van der Waals surface area contributed by atoms with Crippen LogP contribution in [-0.4, -0.2) is 21.7 Å². The van der Waals surface area contributed by atoms with Crippen molar-refractivity contribution in [3.8, 4) is 0 Å². The highest BCUT2D eigenvalue weighted by molar-refractivity contribution is 5.85. The molecule has 4 aromatic rings. The van der Waals surface area contributed by atoms with Crippen LogP contribution < -0.4 is 0 Å². The van der Waals surface area contributed by atoms with Crippen molar-refractivity contribution in [2.75, 3.05) is 6.61 Å². The Labute approximate surface area is 174 Å². The normalized spacial score (nSPS) is 12.1. The van der Waals surface area contributed by atoms with E-state index in [4.69, 9.17) is 5.11 Å². The number of aliphatic hydroxyl groups excluding tert-OH is 1. The molecule has 2 aromatic heterocycles. The Hall–Kier alpha value is -2.52. The molecule has 0 radical (unpaired) electrons. The monoisotopic (exact) mass is 390 g/mol. The largest absolute Gasteiger partial charge is 0.396 e. The van der Waals surface area contributed by atoms with Crippen LogP contribution in [0.25, 0.3) is 21.8 Å². The summed E-state index contributed by atoms with van der Waals surface area (Å²) in [5, 5.41) is 11.7. The zero-order valence-electron chi connectivity index (χ0n) is 17.7. The Bertz CT molecular complexity index is 963. The van der Waals surface area contributed by atoms with E-state index in [1.165, 1.54) is 52.3 Å². The van der Waals surface area contributed by atoms with Gasteiger partial charge in [0.2, 0.25) is 0 Å². The fourth-order valence-electron chi connectivity index (χ4n) is 3.96. The molecular formula is C26H34N2O. The smallest absolute Gasteiger partial charge is 0.0457 e. The topological polar surface area (TPSA) is 51.8 Å². The Balaban J connectivity index is 0.000000431. The second-order valence-corrected chi connectivity index (χ2v) is 7.73. The summed E-state index contributed by atoms with van der Waals surface area (Å²) in [7, 11) is 0. The number of nitrogens with one attached hydrogen (secondary N) is 2. The third kappa shape index (κ3) is 5.30. The van der Waals surface area contributed by atoms with E-state index in [2.05, 4.69) is 84.6 Å². The first-order chi connectivity index (χ1) is 14.3. The molecule has 1 unspecified atom stereocenters. The maximum absolute atomic E-state index is 9.15. The van der Waals surface area contributed by atoms with Crippen molar-refractivity contribution >= 4 is 21.8 Å². The Morgan fingerprint density at radius 1 is 0.862 bits per heavy atom. The van der Waals surface area contributed by atoms with Crippen LogP contribution in [0.15, 0.2) is 60.8 Å². The molecule has 1 atom stereocenters. The number of aromatic amines is 2. The first kappa shape index (κ1) is 21.2. The summed E-state index contributed by atoms with van der Waals surface area (Å²) in [5.41, 5.74) is 4.93. The van der Waals surface area contributed by atoms with Gasteiger partial charge < -0.3 is 15.1 Å². The lowest BCUT2D eigenvalue weighted by atomic mass is 9.90. The molecule has 0 amide bonds. The van der Waals surface area contributed by atoms with Gasteiger partial charge in [0.15, 0.2) is 0 Å². The quantitative estimate of drug-likeness (QED) is 0.275. The zero-order chi connectivity index (χ0) is 20.5. The van der Waals surface area contributed by atoms with Crippen LogP contribution in [-0.2, 0) is 0 Å². The minimum atomic E-state index is 0.257. The predicted molar refractivity (Wildman–Crippen MR) is 125 cm³/mol. The number of benzene rings is 2. The van der Waals surface area contributed by atoms with Gasteiger partial charge in [0.1, 0.15) is 0 Å². The van der Waals surface area contributed by atoms with Gasteiger partial charge >= 0.3 is 0 Å². The second-order valence-electron chi connectivity index (χ2n) is 7.73. The Kier molecular flexibility index (Phi) is 7.94. The van der Waals surface area contributed by atoms with Gasteiger partial charge in [0, 0.05) is 40.8 Å². The molecule has 0 saturated heterocycles. The summed E-state index contributed by atoms with van der Waals surface area (Å²) in [4.78, 5) is 7.00. The molecule has 0 aliphatic rings. The number of aromatic nitrogens is 2. The number of H-pyrrole nitrogens is 2. The number of rotatable bonds is 8. The summed E-state index contributed by atoms with van der Waals surface area (Å²) in [6.45, 7) is 4.68. The van der Waals surface area contributed by atoms with Gasteiger partial charge in [0.05, 0.1) is 0 Å². The minimum Gasteiger partial charge on any atom is -0.396 e. The van der Waals surface area contributed by atoms with E-state index in [0.717, 1.165) is 19.3 Å². The van der Waals surface area contributed by atoms with E-state index >= 15 is 0 Å². The van der Waals surface area contributed by atoms with Gasteiger partial charge in [-0.05, 0) is 42.0 Å². The highest BCUT2D eigenvalue weighted by atomic mass is 16.2. The summed E-state index contributed by atoms with van der Waals surface area (Å²) in [6.07, 6.45) is 9.09. The lowest BCUT2D eigenvalue weighted by molar-refractivity contribution is 0.282. The molecule has 0 aliphatic heterocycles. The van der Waals surface area contributed by atoms with Gasteiger partial charge in [0.25, 0.3) is 0 Å². The van der Waals surface area contributed by atoms with Gasteiger partial charge in [-0.3, -0.25) is 0 Å². The molecule has 2 heterocycles. The molecule has 0 saturated carbocycles. The second kappa shape index (κ2) is 10.9. The number of aliphatic hydroxyl groups is 1. The first-order valence-corrected chi connectivity index (χ1v) is 11.0. The summed E-state index contributed by atoms with van der Waals surface area (Å²) >= 11 is 0. The van der Waals surface area contributed by atoms with E-state index in [1.54, 1.807) is 0 Å². The van der Waals surface area contributed by atoms with Crippen LogP contribution in [0.1, 0.15) is 69.5 Å². The van der Waals surface area contributed by atoms with Crippen molar-refractivity contribution in [2.45, 2.75) is 58.3 Å². The third-order valence-corrected chi connectivity index (χ3v) is 5.53. The lowest BCUT2D eigenvalue weighted by Crippen LogP contribution is -2.02. The highest BCUT2D eigenvalue weighted by Gasteiger charge is 2.19. The van der Waals surface area contributed by atoms with E-state index in [1.807, 2.05) is 0 Å². The van der Waals surface area contributed by atoms with Crippen LogP contribution in [0, 0.1) is 0 Å². The maximum Gasteiger partial charge on any atom is 0.0457 e. The molecule has 0 aliphatic carbocycles. The average Bonchev–Trinajstić information content (AvgIpc) is 3.37. The summed E-state index contributed by atoms with van der Waals surface area (Å²) in [6, 6.07) is 19.1. The fraction of sp³-hybridized carbons (Fsp3) is 0.385. The van der Waals surface area contributed by atoms with Crippen molar-refractivity contribution in [1.29, 1.82) is 0 Å². The molecular weight excluding hydrogens is 356 g/mol. The molecule has 0 bridgehead atoms. The minimum absolute atomic E-state index is 0.257. The van der Waals surface area contributed by atoms with Crippen LogP contribution in [0.2, 0.25) is 0 Å². The van der Waals surface area contributed by atoms with Crippen LogP contribution in [0.3, 0.4) is 0 Å². The Morgan fingerprint density at radius 2 is 1.59 bits per heavy atom. The number of hydrogen-bond donors (Lipinski definition) is 3. The third-order valence-electron chi connectivity index (χ3n) is 5.53. The summed E-state index contributed by atoms with van der Waals surface area (Å²) < 4.78 is 0. The van der Waals surface area contributed by atoms with E-state index in [0.29, 0.717) is 5.92 Å². The molecule has 29 heavy (non-hydrogen) atoms. The van der Waals surface area contributed by atoms with Crippen molar-refractivity contribution in [1.82, 2.24) is 9.97 Å². The van der Waals surface area contributed by atoms with Crippen LogP contribution in [0.4, 0.5) is 0 Å². The number of fused-ring (bicyclic) bond motifs is 2. The SMILES string of the molecule is CCCCC.OCCCCC(c1cc2ccccc2[nH]1)c1c[nH]c2ccccc12. The number of hydrogen-bond acceptors (Lipinski definition) is 1. The van der Waals surface area contributed by atoms with Crippen molar-refractivity contribution in [3.05, 3.63) is 72.1 Å². The molecule has 2 aromatic carbocycles. The molecule has 4 rings (SSSR count). The standard InChI is InChI=1S/C21H22N2O.C5H12/c24-12-6-5-9-17(18-14-22-20-11-4-2-8-16(18)20)21-13-15-7-1-3-10-19(15)23-21;1-3-5-4-2/h1-4,7-8,10-11,13-14,17,22-24H,5-6,9,12H2;3-5H2,1-2H3. The molecule has 3 heteroatoms. The van der Waals surface area contributed by atoms with Gasteiger partial charge in [-0.25, -0.2) is 0 Å². The average molecular weight is 391 g/mol. The molecule has 0 spiro atoms. The van der Waals surface area contributed by atoms with E-state index in [-0.39, 0.29) is 6.61 Å². The van der Waals surface area contributed by atoms with Crippen LogP contribution >= 0.6 is 0 Å². The van der Waals surface area contributed by atoms with Crippen molar-refractivity contribution < 1.29 is 5.11 Å². The lowest BCUT2D eigenvalue weighted by Gasteiger charge is -2.15.